The molecule has 0 bridgehead atoms. The van der Waals surface area contributed by atoms with E-state index in [4.69, 9.17) is 4.74 Å². The van der Waals surface area contributed by atoms with E-state index in [2.05, 4.69) is 18.7 Å². The van der Waals surface area contributed by atoms with E-state index >= 15 is 0 Å². The van der Waals surface area contributed by atoms with Crippen LogP contribution in [-0.2, 0) is 4.74 Å². The van der Waals surface area contributed by atoms with E-state index in [0.717, 1.165) is 24.5 Å². The molecule has 1 atom stereocenters. The standard InChI is InChI=1S/C13H23NO/c1-10(2)11-5-6-15-13(7-11)8-14(9-13)12-3-4-12/h10-12H,3-9H2,1-2H3. The van der Waals surface area contributed by atoms with Gasteiger partial charge >= 0.3 is 0 Å². The summed E-state index contributed by atoms with van der Waals surface area (Å²) in [6.45, 7) is 8.17. The molecule has 0 N–H and O–H groups in total. The van der Waals surface area contributed by atoms with E-state index < -0.39 is 0 Å². The zero-order valence-corrected chi connectivity index (χ0v) is 10.0. The van der Waals surface area contributed by atoms with Crippen molar-refractivity contribution in [1.82, 2.24) is 4.90 Å². The Balaban J connectivity index is 1.57. The summed E-state index contributed by atoms with van der Waals surface area (Å²) < 4.78 is 6.05. The van der Waals surface area contributed by atoms with Crippen LogP contribution in [0.3, 0.4) is 0 Å². The zero-order valence-electron chi connectivity index (χ0n) is 10.0. The van der Waals surface area contributed by atoms with Gasteiger partial charge in [-0.3, -0.25) is 4.90 Å². The Kier molecular flexibility index (Phi) is 2.33. The van der Waals surface area contributed by atoms with Crippen molar-refractivity contribution in [2.24, 2.45) is 11.8 Å². The van der Waals surface area contributed by atoms with Gasteiger partial charge in [0.25, 0.3) is 0 Å². The Morgan fingerprint density at radius 3 is 2.53 bits per heavy atom. The molecular weight excluding hydrogens is 186 g/mol. The summed E-state index contributed by atoms with van der Waals surface area (Å²) in [6, 6.07) is 0.929. The highest BCUT2D eigenvalue weighted by Gasteiger charge is 2.51. The van der Waals surface area contributed by atoms with Crippen LogP contribution in [0.25, 0.3) is 0 Å². The molecule has 1 spiro atoms. The molecule has 0 aromatic carbocycles. The maximum absolute atomic E-state index is 6.05. The Bertz CT molecular complexity index is 241. The van der Waals surface area contributed by atoms with Gasteiger partial charge in [0.15, 0.2) is 0 Å². The minimum absolute atomic E-state index is 0.274. The molecule has 86 valence electrons. The third-order valence-corrected chi connectivity index (χ3v) is 4.52. The molecule has 1 aliphatic carbocycles. The molecule has 0 radical (unpaired) electrons. The van der Waals surface area contributed by atoms with E-state index in [1.807, 2.05) is 0 Å². The molecule has 2 saturated heterocycles. The van der Waals surface area contributed by atoms with Crippen LogP contribution >= 0.6 is 0 Å². The first-order chi connectivity index (χ1) is 7.19. The Labute approximate surface area is 93.0 Å². The van der Waals surface area contributed by atoms with Crippen LogP contribution in [0.4, 0.5) is 0 Å². The normalized spacial score (nSPS) is 35.8. The van der Waals surface area contributed by atoms with Crippen LogP contribution < -0.4 is 0 Å². The lowest BCUT2D eigenvalue weighted by Gasteiger charge is -2.54. The molecule has 1 saturated carbocycles. The predicted molar refractivity (Wildman–Crippen MR) is 60.8 cm³/mol. The second-order valence-electron chi connectivity index (χ2n) is 6.16. The van der Waals surface area contributed by atoms with Crippen LogP contribution in [0.5, 0.6) is 0 Å². The van der Waals surface area contributed by atoms with E-state index in [0.29, 0.717) is 0 Å². The van der Waals surface area contributed by atoms with Gasteiger partial charge in [-0.25, -0.2) is 0 Å². The average Bonchev–Trinajstić information content (AvgIpc) is 2.97. The summed E-state index contributed by atoms with van der Waals surface area (Å²) in [4.78, 5) is 2.63. The van der Waals surface area contributed by atoms with Gasteiger partial charge < -0.3 is 4.74 Å². The minimum Gasteiger partial charge on any atom is -0.372 e. The number of hydrogen-bond acceptors (Lipinski definition) is 2. The van der Waals surface area contributed by atoms with Gasteiger partial charge in [-0.2, -0.15) is 0 Å². The maximum atomic E-state index is 6.05. The smallest absolute Gasteiger partial charge is 0.0937 e. The third kappa shape index (κ3) is 1.83. The molecule has 2 aliphatic heterocycles. The Morgan fingerprint density at radius 1 is 1.20 bits per heavy atom. The van der Waals surface area contributed by atoms with E-state index in [1.165, 1.54) is 38.8 Å². The highest BCUT2D eigenvalue weighted by molar-refractivity contribution is 5.05. The van der Waals surface area contributed by atoms with Crippen LogP contribution in [0, 0.1) is 11.8 Å². The lowest BCUT2D eigenvalue weighted by molar-refractivity contribution is -0.184. The Hall–Kier alpha value is -0.0800. The number of likely N-dealkylation sites (tertiary alicyclic amines) is 1. The quantitative estimate of drug-likeness (QED) is 0.692. The second-order valence-corrected chi connectivity index (χ2v) is 6.16. The molecule has 3 rings (SSSR count). The van der Waals surface area contributed by atoms with Crippen molar-refractivity contribution in [3.05, 3.63) is 0 Å². The molecule has 3 aliphatic rings. The fourth-order valence-corrected chi connectivity index (χ4v) is 3.25. The number of rotatable bonds is 2. The van der Waals surface area contributed by atoms with Gasteiger partial charge in [-0.1, -0.05) is 13.8 Å². The van der Waals surface area contributed by atoms with Crippen LogP contribution in [0.1, 0.15) is 39.5 Å². The highest BCUT2D eigenvalue weighted by Crippen LogP contribution is 2.43. The molecule has 3 fully saturated rings. The fourth-order valence-electron chi connectivity index (χ4n) is 3.25. The lowest BCUT2D eigenvalue weighted by Crippen LogP contribution is -2.65. The molecule has 2 heteroatoms. The number of ether oxygens (including phenoxy) is 1. The second kappa shape index (κ2) is 3.46. The van der Waals surface area contributed by atoms with Crippen LogP contribution in [-0.4, -0.2) is 36.2 Å². The van der Waals surface area contributed by atoms with Gasteiger partial charge in [0.1, 0.15) is 0 Å². The summed E-state index contributed by atoms with van der Waals surface area (Å²) in [5.41, 5.74) is 0.274. The highest BCUT2D eigenvalue weighted by atomic mass is 16.5. The molecular formula is C13H23NO. The van der Waals surface area contributed by atoms with Crippen molar-refractivity contribution in [3.63, 3.8) is 0 Å². The maximum Gasteiger partial charge on any atom is 0.0937 e. The van der Waals surface area contributed by atoms with Gasteiger partial charge in [0.05, 0.1) is 5.60 Å². The molecule has 0 amide bonds. The topological polar surface area (TPSA) is 12.5 Å². The van der Waals surface area contributed by atoms with Gasteiger partial charge in [0.2, 0.25) is 0 Å². The summed E-state index contributed by atoms with van der Waals surface area (Å²) in [7, 11) is 0. The minimum atomic E-state index is 0.274. The van der Waals surface area contributed by atoms with Crippen LogP contribution in [0.15, 0.2) is 0 Å². The molecule has 0 aromatic heterocycles. The van der Waals surface area contributed by atoms with Crippen molar-refractivity contribution in [2.75, 3.05) is 19.7 Å². The van der Waals surface area contributed by atoms with Crippen molar-refractivity contribution in [1.29, 1.82) is 0 Å². The van der Waals surface area contributed by atoms with Gasteiger partial charge in [-0.05, 0) is 37.5 Å². The van der Waals surface area contributed by atoms with Gasteiger partial charge in [0, 0.05) is 25.7 Å². The van der Waals surface area contributed by atoms with E-state index in [9.17, 15) is 0 Å². The summed E-state index contributed by atoms with van der Waals surface area (Å²) >= 11 is 0. The van der Waals surface area contributed by atoms with E-state index in [1.54, 1.807) is 0 Å². The molecule has 1 unspecified atom stereocenters. The Morgan fingerprint density at radius 2 is 1.93 bits per heavy atom. The van der Waals surface area contributed by atoms with Crippen molar-refractivity contribution in [2.45, 2.75) is 51.2 Å². The largest absolute Gasteiger partial charge is 0.372 e. The first kappa shape index (κ1) is 10.1. The van der Waals surface area contributed by atoms with Crippen LogP contribution in [0.2, 0.25) is 0 Å². The summed E-state index contributed by atoms with van der Waals surface area (Å²) in [6.07, 6.45) is 5.46. The average molecular weight is 209 g/mol. The third-order valence-electron chi connectivity index (χ3n) is 4.52. The zero-order chi connectivity index (χ0) is 10.5. The predicted octanol–water partition coefficient (Wildman–Crippen LogP) is 2.29. The van der Waals surface area contributed by atoms with Crippen molar-refractivity contribution < 1.29 is 4.74 Å². The van der Waals surface area contributed by atoms with E-state index in [-0.39, 0.29) is 5.60 Å². The number of nitrogens with zero attached hydrogens (tertiary/aromatic N) is 1. The molecule has 2 heterocycles. The lowest BCUT2D eigenvalue weighted by atomic mass is 9.76. The number of hydrogen-bond donors (Lipinski definition) is 0. The first-order valence-electron chi connectivity index (χ1n) is 6.57. The molecule has 15 heavy (non-hydrogen) atoms. The SMILES string of the molecule is CC(C)C1CCOC2(C1)CN(C1CC1)C2. The van der Waals surface area contributed by atoms with Gasteiger partial charge in [-0.15, -0.1) is 0 Å². The summed E-state index contributed by atoms with van der Waals surface area (Å²) in [5.74, 6) is 1.74. The van der Waals surface area contributed by atoms with Crippen molar-refractivity contribution >= 4 is 0 Å². The monoisotopic (exact) mass is 209 g/mol. The fraction of sp³-hybridized carbons (Fsp3) is 1.00. The summed E-state index contributed by atoms with van der Waals surface area (Å²) in [5, 5.41) is 0. The first-order valence-corrected chi connectivity index (χ1v) is 6.57. The van der Waals surface area contributed by atoms with Crippen molar-refractivity contribution in [3.8, 4) is 0 Å². The molecule has 2 nitrogen and oxygen atoms in total. The molecule has 0 aromatic rings.